The van der Waals surface area contributed by atoms with Crippen molar-refractivity contribution in [3.05, 3.63) is 28.8 Å². The molecule has 0 spiro atoms. The molecule has 2 rings (SSSR count). The van der Waals surface area contributed by atoms with E-state index in [4.69, 9.17) is 11.6 Å². The molecule has 1 aromatic carbocycles. The monoisotopic (exact) mass is 299 g/mol. The van der Waals surface area contributed by atoms with Gasteiger partial charge in [-0.15, -0.1) is 11.8 Å². The van der Waals surface area contributed by atoms with Crippen LogP contribution >= 0.6 is 23.4 Å². The van der Waals surface area contributed by atoms with Crippen LogP contribution in [0.5, 0.6) is 0 Å². The molecular formula is C14H18ClNO2S. The third-order valence-corrected chi connectivity index (χ3v) is 4.30. The van der Waals surface area contributed by atoms with Gasteiger partial charge in [-0.3, -0.25) is 4.79 Å². The molecule has 1 aliphatic rings. The van der Waals surface area contributed by atoms with Gasteiger partial charge in [-0.05, 0) is 42.7 Å². The van der Waals surface area contributed by atoms with Crippen molar-refractivity contribution in [3.63, 3.8) is 0 Å². The van der Waals surface area contributed by atoms with E-state index < -0.39 is 6.10 Å². The summed E-state index contributed by atoms with van der Waals surface area (Å²) in [6.07, 6.45) is 1.71. The van der Waals surface area contributed by atoms with Crippen LogP contribution in [0.15, 0.2) is 23.1 Å². The lowest BCUT2D eigenvalue weighted by Crippen LogP contribution is -2.33. The minimum atomic E-state index is -0.418. The van der Waals surface area contributed by atoms with Crippen LogP contribution in [0, 0.1) is 5.92 Å². The second kappa shape index (κ2) is 6.64. The SMILES string of the molecule is CCSc1cc(Cl)ccc1C(=O)NC[C@@H](O)C1CC1. The van der Waals surface area contributed by atoms with Crippen LogP contribution in [0.25, 0.3) is 0 Å². The summed E-state index contributed by atoms with van der Waals surface area (Å²) >= 11 is 7.54. The minimum Gasteiger partial charge on any atom is -0.391 e. The Morgan fingerprint density at radius 3 is 2.95 bits per heavy atom. The van der Waals surface area contributed by atoms with Crippen LogP contribution in [0.1, 0.15) is 30.1 Å². The lowest BCUT2D eigenvalue weighted by atomic mass is 10.2. The number of hydrogen-bond donors (Lipinski definition) is 2. The third kappa shape index (κ3) is 4.13. The van der Waals surface area contributed by atoms with Gasteiger partial charge in [-0.2, -0.15) is 0 Å². The number of carbonyl (C=O) groups is 1. The van der Waals surface area contributed by atoms with Gasteiger partial charge in [-0.25, -0.2) is 0 Å². The van der Waals surface area contributed by atoms with Gasteiger partial charge >= 0.3 is 0 Å². The van der Waals surface area contributed by atoms with Crippen molar-refractivity contribution >= 4 is 29.3 Å². The van der Waals surface area contributed by atoms with E-state index >= 15 is 0 Å². The number of aliphatic hydroxyl groups is 1. The van der Waals surface area contributed by atoms with E-state index in [9.17, 15) is 9.90 Å². The lowest BCUT2D eigenvalue weighted by molar-refractivity contribution is 0.0898. The van der Waals surface area contributed by atoms with E-state index in [1.54, 1.807) is 23.9 Å². The number of rotatable bonds is 6. The number of halogens is 1. The average Bonchev–Trinajstić information content (AvgIpc) is 3.20. The number of benzene rings is 1. The Morgan fingerprint density at radius 1 is 1.58 bits per heavy atom. The van der Waals surface area contributed by atoms with Gasteiger partial charge in [0.2, 0.25) is 0 Å². The highest BCUT2D eigenvalue weighted by atomic mass is 35.5. The second-order valence-corrected chi connectivity index (χ2v) is 6.43. The van der Waals surface area contributed by atoms with Gasteiger partial charge < -0.3 is 10.4 Å². The van der Waals surface area contributed by atoms with E-state index in [0.29, 0.717) is 23.0 Å². The molecule has 5 heteroatoms. The number of amides is 1. The maximum atomic E-state index is 12.1. The van der Waals surface area contributed by atoms with Gasteiger partial charge in [-0.1, -0.05) is 18.5 Å². The summed E-state index contributed by atoms with van der Waals surface area (Å²) in [5.74, 6) is 1.10. The predicted molar refractivity (Wildman–Crippen MR) is 78.9 cm³/mol. The van der Waals surface area contributed by atoms with Crippen molar-refractivity contribution in [2.24, 2.45) is 5.92 Å². The molecule has 2 N–H and O–H groups in total. The molecule has 19 heavy (non-hydrogen) atoms. The molecule has 0 radical (unpaired) electrons. The molecule has 104 valence electrons. The van der Waals surface area contributed by atoms with Crippen molar-refractivity contribution in [1.29, 1.82) is 0 Å². The summed E-state index contributed by atoms with van der Waals surface area (Å²) in [5, 5.41) is 13.2. The Labute approximate surface area is 122 Å². The highest BCUT2D eigenvalue weighted by molar-refractivity contribution is 7.99. The molecule has 1 aromatic rings. The predicted octanol–water partition coefficient (Wildman–Crippen LogP) is 2.95. The van der Waals surface area contributed by atoms with Crippen molar-refractivity contribution in [2.45, 2.75) is 30.8 Å². The van der Waals surface area contributed by atoms with Crippen molar-refractivity contribution in [1.82, 2.24) is 5.32 Å². The van der Waals surface area contributed by atoms with Crippen LogP contribution in [-0.2, 0) is 0 Å². The standard InChI is InChI=1S/C14H18ClNO2S/c1-2-19-13-7-10(15)5-6-11(13)14(18)16-8-12(17)9-3-4-9/h5-7,9,12,17H,2-4,8H2,1H3,(H,16,18)/t12-/m1/s1. The second-order valence-electron chi connectivity index (χ2n) is 4.69. The number of thioether (sulfide) groups is 1. The van der Waals surface area contributed by atoms with Crippen LogP contribution < -0.4 is 5.32 Å². The molecule has 1 fully saturated rings. The molecule has 0 aromatic heterocycles. The first-order chi connectivity index (χ1) is 9.11. The molecule has 1 aliphatic carbocycles. The topological polar surface area (TPSA) is 49.3 Å². The quantitative estimate of drug-likeness (QED) is 0.794. The maximum Gasteiger partial charge on any atom is 0.252 e. The molecule has 0 bridgehead atoms. The first-order valence-electron chi connectivity index (χ1n) is 6.50. The van der Waals surface area contributed by atoms with Crippen molar-refractivity contribution < 1.29 is 9.90 Å². The molecule has 0 unspecified atom stereocenters. The smallest absolute Gasteiger partial charge is 0.252 e. The highest BCUT2D eigenvalue weighted by Gasteiger charge is 2.29. The van der Waals surface area contributed by atoms with E-state index in [1.165, 1.54) is 0 Å². The molecule has 3 nitrogen and oxygen atoms in total. The largest absolute Gasteiger partial charge is 0.391 e. The number of carbonyl (C=O) groups excluding carboxylic acids is 1. The van der Waals surface area contributed by atoms with Crippen LogP contribution in [-0.4, -0.2) is 29.4 Å². The highest BCUT2D eigenvalue weighted by Crippen LogP contribution is 2.32. The lowest BCUT2D eigenvalue weighted by Gasteiger charge is -2.13. The molecule has 1 amide bonds. The Balaban J connectivity index is 2.00. The van der Waals surface area contributed by atoms with Crippen LogP contribution in [0.2, 0.25) is 5.02 Å². The first kappa shape index (κ1) is 14.7. The van der Waals surface area contributed by atoms with Crippen molar-refractivity contribution in [3.8, 4) is 0 Å². The van der Waals surface area contributed by atoms with Gasteiger partial charge in [0.1, 0.15) is 0 Å². The fourth-order valence-electron chi connectivity index (χ4n) is 1.90. The summed E-state index contributed by atoms with van der Waals surface area (Å²) in [7, 11) is 0. The third-order valence-electron chi connectivity index (χ3n) is 3.13. The maximum absolute atomic E-state index is 12.1. The van der Waals surface area contributed by atoms with E-state index in [2.05, 4.69) is 5.32 Å². The Kier molecular flexibility index (Phi) is 5.13. The fourth-order valence-corrected chi connectivity index (χ4v) is 2.97. The molecule has 1 saturated carbocycles. The molecule has 0 aliphatic heterocycles. The molecular weight excluding hydrogens is 282 g/mol. The van der Waals surface area contributed by atoms with E-state index in [1.807, 2.05) is 13.0 Å². The summed E-state index contributed by atoms with van der Waals surface area (Å²) < 4.78 is 0. The Hall–Kier alpha value is -0.710. The first-order valence-corrected chi connectivity index (χ1v) is 7.86. The number of nitrogens with one attached hydrogen (secondary N) is 1. The van der Waals surface area contributed by atoms with E-state index in [0.717, 1.165) is 23.5 Å². The van der Waals surface area contributed by atoms with E-state index in [-0.39, 0.29) is 5.91 Å². The minimum absolute atomic E-state index is 0.146. The summed E-state index contributed by atoms with van der Waals surface area (Å²) in [5.41, 5.74) is 0.624. The molecule has 0 heterocycles. The Morgan fingerprint density at radius 2 is 2.32 bits per heavy atom. The zero-order chi connectivity index (χ0) is 13.8. The van der Waals surface area contributed by atoms with Gasteiger partial charge in [0, 0.05) is 16.5 Å². The summed E-state index contributed by atoms with van der Waals surface area (Å²) in [4.78, 5) is 13.0. The average molecular weight is 300 g/mol. The van der Waals surface area contributed by atoms with Gasteiger partial charge in [0.05, 0.1) is 11.7 Å². The molecule has 1 atom stereocenters. The Bertz CT molecular complexity index is 463. The zero-order valence-electron chi connectivity index (χ0n) is 10.9. The molecule has 0 saturated heterocycles. The fraction of sp³-hybridized carbons (Fsp3) is 0.500. The summed E-state index contributed by atoms with van der Waals surface area (Å²) in [6, 6.07) is 5.26. The zero-order valence-corrected chi connectivity index (χ0v) is 12.4. The number of aliphatic hydroxyl groups excluding tert-OH is 1. The number of hydrogen-bond acceptors (Lipinski definition) is 3. The van der Waals surface area contributed by atoms with Gasteiger partial charge in [0.25, 0.3) is 5.91 Å². The van der Waals surface area contributed by atoms with Crippen LogP contribution in [0.3, 0.4) is 0 Å². The van der Waals surface area contributed by atoms with Crippen molar-refractivity contribution in [2.75, 3.05) is 12.3 Å². The van der Waals surface area contributed by atoms with Gasteiger partial charge in [0.15, 0.2) is 0 Å². The summed E-state index contributed by atoms with van der Waals surface area (Å²) in [6.45, 7) is 2.35. The normalized spacial score (nSPS) is 16.2. The van der Waals surface area contributed by atoms with Crippen LogP contribution in [0.4, 0.5) is 0 Å².